The van der Waals surface area contributed by atoms with Gasteiger partial charge in [-0.2, -0.15) is 0 Å². The van der Waals surface area contributed by atoms with E-state index in [1.807, 2.05) is 12.1 Å². The van der Waals surface area contributed by atoms with Crippen molar-refractivity contribution in [3.8, 4) is 28.7 Å². The van der Waals surface area contributed by atoms with Crippen molar-refractivity contribution in [1.82, 2.24) is 29.1 Å². The minimum Gasteiger partial charge on any atom is -0.494 e. The van der Waals surface area contributed by atoms with E-state index in [9.17, 15) is 13.5 Å². The number of aromatic nitrogens is 6. The van der Waals surface area contributed by atoms with Gasteiger partial charge in [-0.05, 0) is 43.3 Å². The zero-order chi connectivity index (χ0) is 26.9. The molecule has 0 aliphatic carbocycles. The van der Waals surface area contributed by atoms with Gasteiger partial charge in [-0.3, -0.25) is 9.55 Å². The summed E-state index contributed by atoms with van der Waals surface area (Å²) in [6.07, 6.45) is 3.65. The molecule has 11 nitrogen and oxygen atoms in total. The lowest BCUT2D eigenvalue weighted by Crippen LogP contribution is -2.28. The quantitative estimate of drug-likeness (QED) is 0.303. The van der Waals surface area contributed by atoms with Gasteiger partial charge in [-0.25, -0.2) is 13.4 Å². The molecule has 1 aromatic carbocycles. The third-order valence-corrected chi connectivity index (χ3v) is 8.33. The lowest BCUT2D eigenvalue weighted by atomic mass is 10.2. The fraction of sp³-hybridized carbons (Fsp3) is 0.231. The van der Waals surface area contributed by atoms with Gasteiger partial charge in [0.2, 0.25) is 0 Å². The van der Waals surface area contributed by atoms with Crippen LogP contribution in [0.5, 0.6) is 11.5 Å². The fourth-order valence-corrected chi connectivity index (χ4v) is 5.54. The second-order valence-corrected chi connectivity index (χ2v) is 10.9. The standard InChI is InChI=1S/C26H26N6O5S/c1-17(25(33)19-15-31-14-7-5-12-22(31)28-19)38(34,35)16-23-29-30-26(18-9-4-6-13-27-18)32(23)24-20(36-2)10-8-11-21(24)37-3/h4-15,17,25,33H,16H2,1-3H3/t17-,25-/m0/s1. The first-order valence-corrected chi connectivity index (χ1v) is 13.5. The summed E-state index contributed by atoms with van der Waals surface area (Å²) in [5, 5.41) is 18.3. The van der Waals surface area contributed by atoms with Crippen molar-refractivity contribution in [2.75, 3.05) is 14.2 Å². The van der Waals surface area contributed by atoms with Crippen LogP contribution in [0, 0.1) is 0 Å². The van der Waals surface area contributed by atoms with E-state index >= 15 is 0 Å². The van der Waals surface area contributed by atoms with Gasteiger partial charge in [0.05, 0.1) is 25.2 Å². The second-order valence-electron chi connectivity index (χ2n) is 8.59. The molecule has 4 aromatic heterocycles. The Morgan fingerprint density at radius 2 is 1.71 bits per heavy atom. The van der Waals surface area contributed by atoms with Gasteiger partial charge >= 0.3 is 0 Å². The maximum atomic E-state index is 13.6. The van der Waals surface area contributed by atoms with Crippen LogP contribution < -0.4 is 9.47 Å². The van der Waals surface area contributed by atoms with Crippen molar-refractivity contribution in [2.24, 2.45) is 0 Å². The summed E-state index contributed by atoms with van der Waals surface area (Å²) in [6.45, 7) is 1.45. The summed E-state index contributed by atoms with van der Waals surface area (Å²) in [5.74, 6) is 0.768. The van der Waals surface area contributed by atoms with Crippen LogP contribution in [0.15, 0.2) is 73.2 Å². The van der Waals surface area contributed by atoms with Crippen LogP contribution in [0.1, 0.15) is 24.5 Å². The zero-order valence-electron chi connectivity index (χ0n) is 21.0. The van der Waals surface area contributed by atoms with Crippen LogP contribution in [0.4, 0.5) is 0 Å². The smallest absolute Gasteiger partial charge is 0.187 e. The molecule has 5 rings (SSSR count). The number of nitrogens with zero attached hydrogens (tertiary/aromatic N) is 6. The molecule has 0 bridgehead atoms. The second kappa shape index (κ2) is 10.2. The molecule has 0 fully saturated rings. The van der Waals surface area contributed by atoms with E-state index in [1.165, 1.54) is 21.1 Å². The Labute approximate surface area is 219 Å². The Morgan fingerprint density at radius 1 is 0.974 bits per heavy atom. The van der Waals surface area contributed by atoms with Gasteiger partial charge in [-0.15, -0.1) is 10.2 Å². The molecule has 0 spiro atoms. The number of para-hydroxylation sites is 1. The highest BCUT2D eigenvalue weighted by atomic mass is 32.2. The number of aliphatic hydroxyl groups is 1. The van der Waals surface area contributed by atoms with Crippen molar-refractivity contribution in [3.05, 3.63) is 84.7 Å². The van der Waals surface area contributed by atoms with E-state index in [4.69, 9.17) is 9.47 Å². The highest BCUT2D eigenvalue weighted by Gasteiger charge is 2.34. The fourth-order valence-electron chi connectivity index (χ4n) is 4.20. The molecule has 12 heteroatoms. The van der Waals surface area contributed by atoms with E-state index in [-0.39, 0.29) is 11.5 Å². The maximum absolute atomic E-state index is 13.6. The molecular weight excluding hydrogens is 508 g/mol. The first-order valence-electron chi connectivity index (χ1n) is 11.7. The molecule has 196 valence electrons. The van der Waals surface area contributed by atoms with Crippen LogP contribution in [-0.2, 0) is 15.6 Å². The first kappa shape index (κ1) is 25.4. The number of hydrogen-bond donors (Lipinski definition) is 1. The number of methoxy groups -OCH3 is 2. The number of benzene rings is 1. The number of sulfone groups is 1. The molecule has 0 amide bonds. The molecule has 0 aliphatic rings. The number of rotatable bonds is 9. The predicted octanol–water partition coefficient (Wildman–Crippen LogP) is 3.03. The van der Waals surface area contributed by atoms with Gasteiger partial charge < -0.3 is 19.0 Å². The number of imidazole rings is 1. The highest BCUT2D eigenvalue weighted by molar-refractivity contribution is 7.91. The molecule has 0 aliphatic heterocycles. The van der Waals surface area contributed by atoms with Gasteiger partial charge in [0.1, 0.15) is 40.4 Å². The minimum absolute atomic E-state index is 0.113. The number of aliphatic hydroxyl groups excluding tert-OH is 1. The SMILES string of the molecule is COc1cccc(OC)c1-n1c(CS(=O)(=O)[C@@H](C)[C@H](O)c2cn3ccccc3n2)nnc1-c1ccccn1. The Kier molecular flexibility index (Phi) is 6.83. The Bertz CT molecular complexity index is 1630. The molecule has 2 atom stereocenters. The number of pyridine rings is 2. The molecule has 5 aromatic rings. The van der Waals surface area contributed by atoms with Crippen LogP contribution in [0.3, 0.4) is 0 Å². The van der Waals surface area contributed by atoms with Crippen molar-refractivity contribution in [2.45, 2.75) is 24.0 Å². The normalized spacial score (nSPS) is 13.4. The molecule has 4 heterocycles. The lowest BCUT2D eigenvalue weighted by molar-refractivity contribution is 0.171. The van der Waals surface area contributed by atoms with Crippen molar-refractivity contribution < 1.29 is 23.0 Å². The van der Waals surface area contributed by atoms with E-state index in [1.54, 1.807) is 70.0 Å². The Balaban J connectivity index is 1.58. The van der Waals surface area contributed by atoms with Crippen molar-refractivity contribution in [1.29, 1.82) is 0 Å². The van der Waals surface area contributed by atoms with Crippen molar-refractivity contribution in [3.63, 3.8) is 0 Å². The molecule has 0 saturated carbocycles. The first-order chi connectivity index (χ1) is 18.3. The molecule has 0 saturated heterocycles. The number of hydrogen-bond acceptors (Lipinski definition) is 9. The van der Waals surface area contributed by atoms with Crippen LogP contribution in [0.2, 0.25) is 0 Å². The predicted molar refractivity (Wildman–Crippen MR) is 140 cm³/mol. The molecular formula is C26H26N6O5S. The minimum atomic E-state index is -3.96. The van der Waals surface area contributed by atoms with Gasteiger partial charge in [0.15, 0.2) is 21.5 Å². The van der Waals surface area contributed by atoms with Crippen molar-refractivity contribution >= 4 is 15.5 Å². The summed E-state index contributed by atoms with van der Waals surface area (Å²) >= 11 is 0. The van der Waals surface area contributed by atoms with Crippen LogP contribution in [0.25, 0.3) is 22.9 Å². The van der Waals surface area contributed by atoms with E-state index in [2.05, 4.69) is 20.2 Å². The summed E-state index contributed by atoms with van der Waals surface area (Å²) in [5.41, 5.74) is 1.78. The van der Waals surface area contributed by atoms with E-state index in [0.29, 0.717) is 34.4 Å². The molecule has 38 heavy (non-hydrogen) atoms. The van der Waals surface area contributed by atoms with Gasteiger partial charge in [0, 0.05) is 18.6 Å². The van der Waals surface area contributed by atoms with Crippen LogP contribution in [-0.4, -0.2) is 62.1 Å². The molecule has 0 unspecified atom stereocenters. The maximum Gasteiger partial charge on any atom is 0.187 e. The summed E-state index contributed by atoms with van der Waals surface area (Å²) < 4.78 is 41.7. The van der Waals surface area contributed by atoms with E-state index in [0.717, 1.165) is 0 Å². The average Bonchev–Trinajstić information content (AvgIpc) is 3.56. The lowest BCUT2D eigenvalue weighted by Gasteiger charge is -2.19. The number of fused-ring (bicyclic) bond motifs is 1. The highest BCUT2D eigenvalue weighted by Crippen LogP contribution is 2.36. The summed E-state index contributed by atoms with van der Waals surface area (Å²) in [7, 11) is -0.948. The largest absolute Gasteiger partial charge is 0.494 e. The van der Waals surface area contributed by atoms with Gasteiger partial charge in [-0.1, -0.05) is 18.2 Å². The Hall–Kier alpha value is -4.29. The summed E-state index contributed by atoms with van der Waals surface area (Å²) in [6, 6.07) is 15.9. The summed E-state index contributed by atoms with van der Waals surface area (Å²) in [4.78, 5) is 8.76. The Morgan fingerprint density at radius 3 is 2.37 bits per heavy atom. The molecule has 1 N–H and O–H groups in total. The molecule has 0 radical (unpaired) electrons. The third-order valence-electron chi connectivity index (χ3n) is 6.28. The number of ether oxygens (including phenoxy) is 2. The van der Waals surface area contributed by atoms with Crippen LogP contribution >= 0.6 is 0 Å². The monoisotopic (exact) mass is 534 g/mol. The zero-order valence-corrected chi connectivity index (χ0v) is 21.8. The topological polar surface area (TPSA) is 134 Å². The average molecular weight is 535 g/mol. The third kappa shape index (κ3) is 4.59. The van der Waals surface area contributed by atoms with E-state index < -0.39 is 26.9 Å². The van der Waals surface area contributed by atoms with Gasteiger partial charge in [0.25, 0.3) is 0 Å².